The predicted octanol–water partition coefficient (Wildman–Crippen LogP) is 2.37. The molecular weight excluding hydrogens is 363 g/mol. The number of hydrogen-bond donors (Lipinski definition) is 2. The smallest absolute Gasteiger partial charge is 0.340 e. The number of aromatic amines is 1. The van der Waals surface area contributed by atoms with E-state index < -0.39 is 5.97 Å². The lowest BCUT2D eigenvalue weighted by atomic mass is 9.94. The highest BCUT2D eigenvalue weighted by Crippen LogP contribution is 2.33. The van der Waals surface area contributed by atoms with Gasteiger partial charge in [-0.3, -0.25) is 0 Å². The van der Waals surface area contributed by atoms with Crippen molar-refractivity contribution in [1.82, 2.24) is 15.0 Å². The van der Waals surface area contributed by atoms with Crippen LogP contribution in [0, 0.1) is 0 Å². The van der Waals surface area contributed by atoms with Gasteiger partial charge in [-0.05, 0) is 42.6 Å². The number of nitrogen functional groups attached to an aromatic ring is 1. The monoisotopic (exact) mass is 382 g/mol. The molecule has 8 heteroatoms. The van der Waals surface area contributed by atoms with Crippen molar-refractivity contribution in [3.8, 4) is 22.6 Å². The summed E-state index contributed by atoms with van der Waals surface area (Å²) in [5, 5.41) is 0.593. The Bertz CT molecular complexity index is 1000. The molecule has 3 rings (SSSR count). The second-order valence-electron chi connectivity index (χ2n) is 6.11. The summed E-state index contributed by atoms with van der Waals surface area (Å²) >= 11 is 6.22. The van der Waals surface area contributed by atoms with Gasteiger partial charge in [0, 0.05) is 16.8 Å². The number of nitrogens with zero attached hydrogens (tertiary/aromatic N) is 2. The largest absolute Gasteiger partial charge is 0.462 e. The van der Waals surface area contributed by atoms with E-state index in [0.29, 0.717) is 27.7 Å². The molecule has 27 heavy (non-hydrogen) atoms. The summed E-state index contributed by atoms with van der Waals surface area (Å²) in [5.74, 6) is -0.238. The SMILES string of the molecule is Bc1cnc(N)nc1-c1cc(C(=O)OCC)c(-c2cc(Cl)ccc2CC)[nH]1. The number of nitrogens with two attached hydrogens (primary N) is 1. The Labute approximate surface area is 163 Å². The molecule has 0 spiro atoms. The van der Waals surface area contributed by atoms with Crippen LogP contribution in [0.15, 0.2) is 30.5 Å². The second-order valence-corrected chi connectivity index (χ2v) is 6.54. The molecule has 3 N–H and O–H groups in total. The van der Waals surface area contributed by atoms with E-state index in [0.717, 1.165) is 23.0 Å². The van der Waals surface area contributed by atoms with Crippen molar-refractivity contribution in [3.63, 3.8) is 0 Å². The highest BCUT2D eigenvalue weighted by molar-refractivity contribution is 6.35. The van der Waals surface area contributed by atoms with Gasteiger partial charge < -0.3 is 15.5 Å². The van der Waals surface area contributed by atoms with E-state index in [9.17, 15) is 4.79 Å². The molecule has 2 aromatic heterocycles. The van der Waals surface area contributed by atoms with E-state index in [1.807, 2.05) is 26.0 Å². The fraction of sp³-hybridized carbons (Fsp3) is 0.211. The first-order valence-electron chi connectivity index (χ1n) is 8.73. The van der Waals surface area contributed by atoms with Gasteiger partial charge >= 0.3 is 5.97 Å². The molecule has 6 nitrogen and oxygen atoms in total. The van der Waals surface area contributed by atoms with Crippen LogP contribution in [0.1, 0.15) is 29.8 Å². The van der Waals surface area contributed by atoms with E-state index in [4.69, 9.17) is 22.1 Å². The highest BCUT2D eigenvalue weighted by atomic mass is 35.5. The summed E-state index contributed by atoms with van der Waals surface area (Å²) in [6.07, 6.45) is 2.45. The van der Waals surface area contributed by atoms with Crippen LogP contribution < -0.4 is 11.2 Å². The minimum atomic E-state index is -0.406. The number of carbonyl (C=O) groups excluding carboxylic acids is 1. The van der Waals surface area contributed by atoms with Gasteiger partial charge in [0.15, 0.2) is 0 Å². The zero-order valence-electron chi connectivity index (χ0n) is 15.5. The third-order valence-corrected chi connectivity index (χ3v) is 4.52. The molecule has 138 valence electrons. The summed E-state index contributed by atoms with van der Waals surface area (Å²) < 4.78 is 5.25. The Kier molecular flexibility index (Phi) is 5.51. The van der Waals surface area contributed by atoms with Crippen LogP contribution in [-0.2, 0) is 11.2 Å². The van der Waals surface area contributed by atoms with Crippen molar-refractivity contribution < 1.29 is 9.53 Å². The molecule has 0 unspecified atom stereocenters. The molecule has 3 aromatic rings. The molecular formula is C19H20BClN4O2. The number of aromatic nitrogens is 3. The van der Waals surface area contributed by atoms with Crippen molar-refractivity contribution in [2.24, 2.45) is 0 Å². The number of hydrogen-bond acceptors (Lipinski definition) is 5. The number of ether oxygens (including phenoxy) is 1. The second kappa shape index (κ2) is 7.84. The van der Waals surface area contributed by atoms with Crippen molar-refractivity contribution in [2.75, 3.05) is 12.3 Å². The Morgan fingerprint density at radius 3 is 2.81 bits per heavy atom. The van der Waals surface area contributed by atoms with E-state index in [1.54, 1.807) is 19.2 Å². The Hall–Kier alpha value is -2.80. The Balaban J connectivity index is 2.24. The van der Waals surface area contributed by atoms with Crippen molar-refractivity contribution >= 4 is 36.8 Å². The number of benzene rings is 1. The van der Waals surface area contributed by atoms with Crippen LogP contribution in [0.4, 0.5) is 5.95 Å². The maximum Gasteiger partial charge on any atom is 0.340 e. The maximum absolute atomic E-state index is 12.6. The quantitative estimate of drug-likeness (QED) is 0.522. The molecule has 2 heterocycles. The van der Waals surface area contributed by atoms with Gasteiger partial charge in [0.25, 0.3) is 0 Å². The van der Waals surface area contributed by atoms with Gasteiger partial charge in [0.1, 0.15) is 7.85 Å². The van der Waals surface area contributed by atoms with Crippen molar-refractivity contribution in [3.05, 3.63) is 46.6 Å². The van der Waals surface area contributed by atoms with Crippen molar-refractivity contribution in [2.45, 2.75) is 20.3 Å². The molecule has 0 amide bonds. The number of H-pyrrole nitrogens is 1. The van der Waals surface area contributed by atoms with Gasteiger partial charge in [0.05, 0.1) is 29.3 Å². The molecule has 0 aliphatic heterocycles. The molecule has 0 aliphatic carbocycles. The van der Waals surface area contributed by atoms with E-state index >= 15 is 0 Å². The minimum absolute atomic E-state index is 0.168. The summed E-state index contributed by atoms with van der Waals surface area (Å²) in [5.41, 5.74) is 10.9. The van der Waals surface area contributed by atoms with Crippen molar-refractivity contribution in [1.29, 1.82) is 0 Å². The number of anilines is 1. The zero-order chi connectivity index (χ0) is 19.6. The summed E-state index contributed by atoms with van der Waals surface area (Å²) in [7, 11) is 1.89. The van der Waals surface area contributed by atoms with Gasteiger partial charge in [-0.15, -0.1) is 0 Å². The number of esters is 1. The van der Waals surface area contributed by atoms with Crippen LogP contribution in [0.25, 0.3) is 22.6 Å². The minimum Gasteiger partial charge on any atom is -0.462 e. The average molecular weight is 383 g/mol. The number of aryl methyl sites for hydroxylation is 1. The molecule has 0 aliphatic rings. The number of halogens is 1. The van der Waals surface area contributed by atoms with Crippen LogP contribution in [-0.4, -0.2) is 35.4 Å². The van der Waals surface area contributed by atoms with E-state index in [1.165, 1.54) is 0 Å². The lowest BCUT2D eigenvalue weighted by Crippen LogP contribution is -2.12. The molecule has 0 bridgehead atoms. The van der Waals surface area contributed by atoms with Crippen LogP contribution in [0.3, 0.4) is 0 Å². The average Bonchev–Trinajstić information content (AvgIpc) is 3.09. The lowest BCUT2D eigenvalue weighted by Gasteiger charge is -2.10. The Morgan fingerprint density at radius 2 is 2.11 bits per heavy atom. The van der Waals surface area contributed by atoms with Gasteiger partial charge in [0.2, 0.25) is 5.95 Å². The molecule has 0 fully saturated rings. The van der Waals surface area contributed by atoms with Gasteiger partial charge in [-0.2, -0.15) is 0 Å². The first-order valence-corrected chi connectivity index (χ1v) is 9.10. The Morgan fingerprint density at radius 1 is 1.33 bits per heavy atom. The zero-order valence-corrected chi connectivity index (χ0v) is 16.2. The summed E-state index contributed by atoms with van der Waals surface area (Å²) in [6.45, 7) is 4.11. The first kappa shape index (κ1) is 19.0. The number of nitrogens with one attached hydrogen (secondary N) is 1. The molecule has 1 aromatic carbocycles. The predicted molar refractivity (Wildman–Crippen MR) is 110 cm³/mol. The van der Waals surface area contributed by atoms with E-state index in [2.05, 4.69) is 21.9 Å². The highest BCUT2D eigenvalue weighted by Gasteiger charge is 2.22. The fourth-order valence-corrected chi connectivity index (χ4v) is 3.15. The third kappa shape index (κ3) is 3.83. The van der Waals surface area contributed by atoms with E-state index in [-0.39, 0.29) is 12.6 Å². The molecule has 0 atom stereocenters. The summed E-state index contributed by atoms with van der Waals surface area (Å²) in [4.78, 5) is 24.2. The van der Waals surface area contributed by atoms with Gasteiger partial charge in [-0.25, -0.2) is 14.8 Å². The third-order valence-electron chi connectivity index (χ3n) is 4.28. The normalized spacial score (nSPS) is 10.8. The number of carbonyl (C=O) groups is 1. The maximum atomic E-state index is 12.6. The number of rotatable bonds is 5. The standard InChI is InChI=1S/C19H20BClN4O2/c1-3-10-5-6-11(21)7-12(10)16-13(18(26)27-4-2)8-15(24-16)17-14(20)9-23-19(22)25-17/h5-9,24H,3-4,20H2,1-2H3,(H2,22,23,25). The van der Waals surface area contributed by atoms with Crippen LogP contribution >= 0.6 is 11.6 Å². The summed E-state index contributed by atoms with van der Waals surface area (Å²) in [6, 6.07) is 7.39. The van der Waals surface area contributed by atoms with Gasteiger partial charge in [-0.1, -0.05) is 24.6 Å². The molecule has 0 saturated heterocycles. The lowest BCUT2D eigenvalue weighted by molar-refractivity contribution is 0.0527. The topological polar surface area (TPSA) is 93.9 Å². The molecule has 0 radical (unpaired) electrons. The fourth-order valence-electron chi connectivity index (χ4n) is 2.98. The van der Waals surface area contributed by atoms with Crippen LogP contribution in [0.2, 0.25) is 5.02 Å². The molecule has 0 saturated carbocycles. The van der Waals surface area contributed by atoms with Crippen LogP contribution in [0.5, 0.6) is 0 Å². The first-order chi connectivity index (χ1) is 12.9.